The largest absolute Gasteiger partial charge is 0.308 e. The highest BCUT2D eigenvalue weighted by Gasteiger charge is 2.06. The number of hydrogen-bond donors (Lipinski definition) is 1. The number of nitrogens with zero attached hydrogens (tertiary/aromatic N) is 3. The van der Waals surface area contributed by atoms with Crippen LogP contribution in [0.2, 0.25) is 0 Å². The molecular weight excluding hydrogens is 328 g/mol. The van der Waals surface area contributed by atoms with Crippen LogP contribution in [0.25, 0.3) is 5.82 Å². The van der Waals surface area contributed by atoms with Gasteiger partial charge in [0.15, 0.2) is 5.82 Å². The second kappa shape index (κ2) is 6.65. The van der Waals surface area contributed by atoms with Gasteiger partial charge < -0.3 is 5.32 Å². The Morgan fingerprint density at radius 2 is 1.76 bits per heavy atom. The fourth-order valence-corrected chi connectivity index (χ4v) is 2.57. The lowest BCUT2D eigenvalue weighted by atomic mass is 10.2. The molecule has 1 N–H and O–H groups in total. The summed E-state index contributed by atoms with van der Waals surface area (Å²) in [6.07, 6.45) is 5.45. The Bertz CT molecular complexity index is 710. The summed E-state index contributed by atoms with van der Waals surface area (Å²) in [5.41, 5.74) is 2.36. The molecule has 0 spiro atoms. The normalized spacial score (nSPS) is 10.7. The van der Waals surface area contributed by atoms with E-state index in [2.05, 4.69) is 49.5 Å². The summed E-state index contributed by atoms with van der Waals surface area (Å²) in [4.78, 5) is 4.42. The van der Waals surface area contributed by atoms with Crippen LogP contribution in [0.4, 0.5) is 0 Å². The van der Waals surface area contributed by atoms with Crippen molar-refractivity contribution in [2.24, 2.45) is 0 Å². The topological polar surface area (TPSA) is 42.7 Å². The number of benzene rings is 1. The zero-order valence-corrected chi connectivity index (χ0v) is 13.0. The highest BCUT2D eigenvalue weighted by molar-refractivity contribution is 9.10. The van der Waals surface area contributed by atoms with Crippen molar-refractivity contribution in [3.05, 3.63) is 76.7 Å². The van der Waals surface area contributed by atoms with Gasteiger partial charge in [0.2, 0.25) is 0 Å². The van der Waals surface area contributed by atoms with Gasteiger partial charge in [-0.2, -0.15) is 5.10 Å². The molecule has 106 valence electrons. The van der Waals surface area contributed by atoms with Crippen molar-refractivity contribution in [2.45, 2.75) is 13.1 Å². The van der Waals surface area contributed by atoms with E-state index in [0.29, 0.717) is 0 Å². The van der Waals surface area contributed by atoms with E-state index in [1.165, 1.54) is 5.56 Å². The first-order chi connectivity index (χ1) is 10.3. The molecule has 0 bridgehead atoms. The molecule has 0 saturated carbocycles. The zero-order chi connectivity index (χ0) is 14.5. The Hall–Kier alpha value is -1.98. The van der Waals surface area contributed by atoms with Crippen molar-refractivity contribution in [3.8, 4) is 5.82 Å². The lowest BCUT2D eigenvalue weighted by Crippen LogP contribution is -2.15. The van der Waals surface area contributed by atoms with Crippen LogP contribution in [-0.4, -0.2) is 14.8 Å². The highest BCUT2D eigenvalue weighted by Crippen LogP contribution is 2.16. The molecule has 0 aliphatic rings. The molecule has 2 aromatic heterocycles. The van der Waals surface area contributed by atoms with E-state index in [1.54, 1.807) is 17.1 Å². The van der Waals surface area contributed by atoms with Gasteiger partial charge in [0.25, 0.3) is 0 Å². The molecule has 5 heteroatoms. The summed E-state index contributed by atoms with van der Waals surface area (Å²) in [6, 6.07) is 14.1. The predicted octanol–water partition coefficient (Wildman–Crippen LogP) is 3.32. The van der Waals surface area contributed by atoms with E-state index in [9.17, 15) is 0 Å². The van der Waals surface area contributed by atoms with Gasteiger partial charge in [0.1, 0.15) is 0 Å². The van der Waals surface area contributed by atoms with Crippen molar-refractivity contribution >= 4 is 15.9 Å². The summed E-state index contributed by atoms with van der Waals surface area (Å²) in [7, 11) is 0. The number of halogens is 1. The number of nitrogens with one attached hydrogen (secondary N) is 1. The Balaban J connectivity index is 1.70. The number of pyridine rings is 1. The Morgan fingerprint density at radius 1 is 0.952 bits per heavy atom. The van der Waals surface area contributed by atoms with E-state index in [1.807, 2.05) is 30.5 Å². The third kappa shape index (κ3) is 3.37. The van der Waals surface area contributed by atoms with Gasteiger partial charge in [-0.05, 0) is 23.8 Å². The monoisotopic (exact) mass is 342 g/mol. The lowest BCUT2D eigenvalue weighted by molar-refractivity contribution is 0.680. The summed E-state index contributed by atoms with van der Waals surface area (Å²) in [6.45, 7) is 1.54. The molecule has 0 saturated heterocycles. The fraction of sp³-hybridized carbons (Fsp3) is 0.125. The lowest BCUT2D eigenvalue weighted by Gasteiger charge is -2.10. The Kier molecular flexibility index (Phi) is 4.43. The highest BCUT2D eigenvalue weighted by atomic mass is 79.9. The van der Waals surface area contributed by atoms with E-state index < -0.39 is 0 Å². The van der Waals surface area contributed by atoms with Crippen LogP contribution in [0.3, 0.4) is 0 Å². The third-order valence-electron chi connectivity index (χ3n) is 3.18. The SMILES string of the molecule is Brc1ccccc1CNCc1cccnc1-n1cccn1. The van der Waals surface area contributed by atoms with Crippen LogP contribution in [0.5, 0.6) is 0 Å². The maximum absolute atomic E-state index is 4.42. The molecule has 0 amide bonds. The molecule has 0 fully saturated rings. The fourth-order valence-electron chi connectivity index (χ4n) is 2.14. The van der Waals surface area contributed by atoms with Gasteiger partial charge in [0.05, 0.1) is 0 Å². The average Bonchev–Trinajstić information content (AvgIpc) is 3.04. The van der Waals surface area contributed by atoms with Crippen LogP contribution >= 0.6 is 15.9 Å². The van der Waals surface area contributed by atoms with Crippen LogP contribution in [-0.2, 0) is 13.1 Å². The molecule has 0 radical (unpaired) electrons. The molecule has 3 aromatic rings. The van der Waals surface area contributed by atoms with Gasteiger partial charge in [0, 0.05) is 41.7 Å². The van der Waals surface area contributed by atoms with Crippen molar-refractivity contribution in [1.82, 2.24) is 20.1 Å². The van der Waals surface area contributed by atoms with Gasteiger partial charge in [-0.25, -0.2) is 9.67 Å². The molecule has 2 heterocycles. The summed E-state index contributed by atoms with van der Waals surface area (Å²) >= 11 is 3.56. The molecule has 0 aliphatic carbocycles. The Morgan fingerprint density at radius 3 is 2.57 bits per heavy atom. The number of hydrogen-bond acceptors (Lipinski definition) is 3. The number of rotatable bonds is 5. The second-order valence-corrected chi connectivity index (χ2v) is 5.49. The summed E-state index contributed by atoms with van der Waals surface area (Å²) < 4.78 is 2.91. The first-order valence-electron chi connectivity index (χ1n) is 6.72. The van der Waals surface area contributed by atoms with Crippen molar-refractivity contribution in [2.75, 3.05) is 0 Å². The van der Waals surface area contributed by atoms with Crippen molar-refractivity contribution < 1.29 is 0 Å². The van der Waals surface area contributed by atoms with Gasteiger partial charge in [-0.15, -0.1) is 0 Å². The van der Waals surface area contributed by atoms with E-state index in [-0.39, 0.29) is 0 Å². The summed E-state index contributed by atoms with van der Waals surface area (Å²) in [5.74, 6) is 0.863. The van der Waals surface area contributed by atoms with Crippen molar-refractivity contribution in [1.29, 1.82) is 0 Å². The maximum atomic E-state index is 4.42. The molecule has 0 aliphatic heterocycles. The maximum Gasteiger partial charge on any atom is 0.157 e. The molecule has 4 nitrogen and oxygen atoms in total. The molecule has 21 heavy (non-hydrogen) atoms. The molecule has 0 atom stereocenters. The third-order valence-corrected chi connectivity index (χ3v) is 3.95. The van der Waals surface area contributed by atoms with Gasteiger partial charge >= 0.3 is 0 Å². The zero-order valence-electron chi connectivity index (χ0n) is 11.4. The van der Waals surface area contributed by atoms with Gasteiger partial charge in [-0.3, -0.25) is 0 Å². The molecular formula is C16H15BrN4. The Labute approximate surface area is 132 Å². The first-order valence-corrected chi connectivity index (χ1v) is 7.52. The molecule has 1 aromatic carbocycles. The summed E-state index contributed by atoms with van der Waals surface area (Å²) in [5, 5.41) is 7.70. The van der Waals surface area contributed by atoms with Gasteiger partial charge in [-0.1, -0.05) is 40.2 Å². The van der Waals surface area contributed by atoms with Crippen LogP contribution < -0.4 is 5.32 Å². The minimum atomic E-state index is 0.740. The molecule has 3 rings (SSSR count). The average molecular weight is 343 g/mol. The van der Waals surface area contributed by atoms with Crippen LogP contribution in [0.15, 0.2) is 65.5 Å². The quantitative estimate of drug-likeness (QED) is 0.773. The second-order valence-electron chi connectivity index (χ2n) is 4.63. The van der Waals surface area contributed by atoms with E-state index >= 15 is 0 Å². The standard InChI is InChI=1S/C16H15BrN4/c17-15-7-2-1-5-13(15)11-18-12-14-6-3-8-19-16(14)21-10-4-9-20-21/h1-10,18H,11-12H2. The first kappa shape index (κ1) is 14.0. The predicted molar refractivity (Wildman–Crippen MR) is 86.0 cm³/mol. The van der Waals surface area contributed by atoms with Crippen LogP contribution in [0, 0.1) is 0 Å². The van der Waals surface area contributed by atoms with Crippen LogP contribution in [0.1, 0.15) is 11.1 Å². The minimum absolute atomic E-state index is 0.740. The minimum Gasteiger partial charge on any atom is -0.308 e. The van der Waals surface area contributed by atoms with E-state index in [0.717, 1.165) is 28.9 Å². The van der Waals surface area contributed by atoms with Crippen molar-refractivity contribution in [3.63, 3.8) is 0 Å². The molecule has 0 unspecified atom stereocenters. The smallest absolute Gasteiger partial charge is 0.157 e. The number of aromatic nitrogens is 3. The van der Waals surface area contributed by atoms with E-state index in [4.69, 9.17) is 0 Å².